The number of carboxylic acids is 1. The van der Waals surface area contributed by atoms with Crippen molar-refractivity contribution >= 4 is 48.8 Å². The second-order valence-electron chi connectivity index (χ2n) is 6.11. The first-order valence-electron chi connectivity index (χ1n) is 9.00. The fraction of sp³-hybridized carbons (Fsp3) is 0.200. The zero-order chi connectivity index (χ0) is 22.6. The normalized spacial score (nSPS) is 11.6. The van der Waals surface area contributed by atoms with Crippen molar-refractivity contribution in [3.05, 3.63) is 42.0 Å². The molecular weight excluding hydrogens is 444 g/mol. The van der Waals surface area contributed by atoms with Crippen LogP contribution < -0.4 is 18.9 Å². The van der Waals surface area contributed by atoms with E-state index in [0.717, 1.165) is 22.1 Å². The molecule has 0 amide bonds. The third-order valence-electron chi connectivity index (χ3n) is 4.07. The summed E-state index contributed by atoms with van der Waals surface area (Å²) in [7, 11) is -1.46. The molecule has 1 aromatic heterocycles. The summed E-state index contributed by atoms with van der Waals surface area (Å²) in [6.45, 7) is 2.38. The average Bonchev–Trinajstić information content (AvgIpc) is 3.12. The molecule has 0 saturated heterocycles. The lowest BCUT2D eigenvalue weighted by Gasteiger charge is -2.14. The highest BCUT2D eigenvalue weighted by Crippen LogP contribution is 2.38. The van der Waals surface area contributed by atoms with Crippen molar-refractivity contribution in [1.29, 1.82) is 0 Å². The molecule has 0 atom stereocenters. The zero-order valence-electron chi connectivity index (χ0n) is 16.9. The van der Waals surface area contributed by atoms with E-state index in [1.165, 1.54) is 32.4 Å². The molecule has 3 aromatic rings. The van der Waals surface area contributed by atoms with E-state index in [0.29, 0.717) is 23.4 Å². The molecule has 31 heavy (non-hydrogen) atoms. The molecule has 11 heteroatoms. The Labute approximate surface area is 183 Å². The van der Waals surface area contributed by atoms with Gasteiger partial charge in [-0.3, -0.25) is 4.72 Å². The first kappa shape index (κ1) is 22.4. The van der Waals surface area contributed by atoms with Gasteiger partial charge in [-0.05, 0) is 48.9 Å². The minimum atomic E-state index is -4.14. The van der Waals surface area contributed by atoms with Crippen molar-refractivity contribution in [3.8, 4) is 17.2 Å². The van der Waals surface area contributed by atoms with Crippen LogP contribution in [0.4, 0.5) is 5.13 Å². The standard InChI is InChI=1S/C20H20N2O7S2/c1-4-29-13-6-7-14-16(11-13)30-20(21-14)22-31(25,26)17-10-12(5-8-18(23)24)9-15(27-2)19(17)28-3/h5-11H,4H2,1-3H3,(H,21,22)(H,23,24). The van der Waals surface area contributed by atoms with Crippen LogP contribution in [0.3, 0.4) is 0 Å². The number of thiazole rings is 1. The summed E-state index contributed by atoms with van der Waals surface area (Å²) in [6.07, 6.45) is 2.16. The lowest BCUT2D eigenvalue weighted by Crippen LogP contribution is -2.14. The molecule has 0 saturated carbocycles. The van der Waals surface area contributed by atoms with Gasteiger partial charge in [0, 0.05) is 6.08 Å². The van der Waals surface area contributed by atoms with Crippen LogP contribution in [0.2, 0.25) is 0 Å². The molecule has 1 heterocycles. The predicted octanol–water partition coefficient (Wildman–Crippen LogP) is 3.61. The van der Waals surface area contributed by atoms with E-state index in [4.69, 9.17) is 19.3 Å². The number of hydrogen-bond donors (Lipinski definition) is 2. The van der Waals surface area contributed by atoms with Gasteiger partial charge in [-0.25, -0.2) is 18.2 Å². The average molecular weight is 465 g/mol. The number of ether oxygens (including phenoxy) is 3. The minimum absolute atomic E-state index is 0.0118. The molecule has 0 spiro atoms. The number of anilines is 1. The molecule has 0 radical (unpaired) electrons. The van der Waals surface area contributed by atoms with Crippen LogP contribution in [-0.4, -0.2) is 45.3 Å². The summed E-state index contributed by atoms with van der Waals surface area (Å²) >= 11 is 1.16. The summed E-state index contributed by atoms with van der Waals surface area (Å²) in [5.74, 6) is -0.376. The highest BCUT2D eigenvalue weighted by Gasteiger charge is 2.25. The number of aliphatic carboxylic acids is 1. The molecule has 9 nitrogen and oxygen atoms in total. The SMILES string of the molecule is CCOc1ccc2nc(NS(=O)(=O)c3cc(C=CC(=O)O)cc(OC)c3OC)sc2c1. The van der Waals surface area contributed by atoms with Gasteiger partial charge in [-0.2, -0.15) is 0 Å². The van der Waals surface area contributed by atoms with Crippen LogP contribution in [0.1, 0.15) is 12.5 Å². The van der Waals surface area contributed by atoms with Crippen molar-refractivity contribution in [1.82, 2.24) is 4.98 Å². The Balaban J connectivity index is 2.03. The molecule has 164 valence electrons. The zero-order valence-corrected chi connectivity index (χ0v) is 18.5. The van der Waals surface area contributed by atoms with Crippen LogP contribution in [0.25, 0.3) is 16.3 Å². The summed E-state index contributed by atoms with van der Waals surface area (Å²) in [4.78, 5) is 14.9. The van der Waals surface area contributed by atoms with Gasteiger partial charge < -0.3 is 19.3 Å². The smallest absolute Gasteiger partial charge is 0.328 e. The Morgan fingerprint density at radius 2 is 2.00 bits per heavy atom. The minimum Gasteiger partial charge on any atom is -0.494 e. The fourth-order valence-corrected chi connectivity index (χ4v) is 5.13. The maximum absolute atomic E-state index is 13.1. The molecule has 2 N–H and O–H groups in total. The molecular formula is C20H20N2O7S2. The summed E-state index contributed by atoms with van der Waals surface area (Å²) in [6, 6.07) is 8.06. The second kappa shape index (κ2) is 9.23. The van der Waals surface area contributed by atoms with E-state index in [2.05, 4.69) is 9.71 Å². The summed E-state index contributed by atoms with van der Waals surface area (Å²) in [5.41, 5.74) is 0.930. The number of carboxylic acid groups (broad SMARTS) is 1. The highest BCUT2D eigenvalue weighted by atomic mass is 32.2. The van der Waals surface area contributed by atoms with Gasteiger partial charge >= 0.3 is 5.97 Å². The van der Waals surface area contributed by atoms with E-state index in [-0.39, 0.29) is 21.5 Å². The molecule has 0 fully saturated rings. The number of benzene rings is 2. The molecule has 0 unspecified atom stereocenters. The molecule has 0 aliphatic rings. The lowest BCUT2D eigenvalue weighted by atomic mass is 10.2. The lowest BCUT2D eigenvalue weighted by molar-refractivity contribution is -0.131. The van der Waals surface area contributed by atoms with E-state index < -0.39 is 16.0 Å². The monoisotopic (exact) mass is 464 g/mol. The van der Waals surface area contributed by atoms with Gasteiger partial charge in [0.05, 0.1) is 31.0 Å². The van der Waals surface area contributed by atoms with E-state index in [9.17, 15) is 13.2 Å². The van der Waals surface area contributed by atoms with Gasteiger partial charge in [0.25, 0.3) is 10.0 Å². The molecule has 0 aliphatic heterocycles. The van der Waals surface area contributed by atoms with Gasteiger partial charge in [-0.15, -0.1) is 0 Å². The van der Waals surface area contributed by atoms with Crippen LogP contribution in [0.5, 0.6) is 17.2 Å². The predicted molar refractivity (Wildman–Crippen MR) is 118 cm³/mol. The highest BCUT2D eigenvalue weighted by molar-refractivity contribution is 7.93. The van der Waals surface area contributed by atoms with E-state index in [1.807, 2.05) is 6.92 Å². The van der Waals surface area contributed by atoms with Gasteiger partial charge in [0.15, 0.2) is 16.6 Å². The molecule has 3 rings (SSSR count). The number of rotatable bonds is 9. The van der Waals surface area contributed by atoms with Crippen LogP contribution in [-0.2, 0) is 14.8 Å². The Bertz CT molecular complexity index is 1250. The first-order chi connectivity index (χ1) is 14.8. The van der Waals surface area contributed by atoms with Crippen molar-refractivity contribution in [3.63, 3.8) is 0 Å². The molecule has 0 aliphatic carbocycles. The van der Waals surface area contributed by atoms with Gasteiger partial charge in [-0.1, -0.05) is 11.3 Å². The summed E-state index contributed by atoms with van der Waals surface area (Å²) in [5, 5.41) is 9.02. The molecule has 2 aromatic carbocycles. The van der Waals surface area contributed by atoms with Gasteiger partial charge in [0.2, 0.25) is 0 Å². The number of fused-ring (bicyclic) bond motifs is 1. The van der Waals surface area contributed by atoms with E-state index >= 15 is 0 Å². The Morgan fingerprint density at radius 3 is 2.65 bits per heavy atom. The van der Waals surface area contributed by atoms with Crippen molar-refractivity contribution < 1.29 is 32.5 Å². The maximum Gasteiger partial charge on any atom is 0.328 e. The molecule has 0 bridgehead atoms. The number of hydrogen-bond acceptors (Lipinski definition) is 8. The second-order valence-corrected chi connectivity index (χ2v) is 8.79. The largest absolute Gasteiger partial charge is 0.494 e. The van der Waals surface area contributed by atoms with Crippen LogP contribution in [0.15, 0.2) is 41.3 Å². The Hall–Kier alpha value is -3.31. The van der Waals surface area contributed by atoms with Crippen molar-refractivity contribution in [2.45, 2.75) is 11.8 Å². The third-order valence-corrected chi connectivity index (χ3v) is 6.47. The third kappa shape index (κ3) is 5.06. The number of nitrogens with zero attached hydrogens (tertiary/aromatic N) is 1. The van der Waals surface area contributed by atoms with Crippen molar-refractivity contribution in [2.24, 2.45) is 0 Å². The number of aromatic nitrogens is 1. The number of nitrogens with one attached hydrogen (secondary N) is 1. The maximum atomic E-state index is 13.1. The van der Waals surface area contributed by atoms with Crippen LogP contribution in [0, 0.1) is 0 Å². The Kier molecular flexibility index (Phi) is 6.66. The van der Waals surface area contributed by atoms with Crippen LogP contribution >= 0.6 is 11.3 Å². The Morgan fingerprint density at radius 1 is 1.23 bits per heavy atom. The topological polar surface area (TPSA) is 124 Å². The van der Waals surface area contributed by atoms with E-state index in [1.54, 1.807) is 18.2 Å². The van der Waals surface area contributed by atoms with Gasteiger partial charge in [0.1, 0.15) is 10.6 Å². The quantitative estimate of drug-likeness (QED) is 0.460. The number of methoxy groups -OCH3 is 2. The number of carbonyl (C=O) groups is 1. The fourth-order valence-electron chi connectivity index (χ4n) is 2.79. The number of sulfonamides is 1. The van der Waals surface area contributed by atoms with Crippen molar-refractivity contribution in [2.75, 3.05) is 25.5 Å². The summed E-state index contributed by atoms with van der Waals surface area (Å²) < 4.78 is 45.4. The first-order valence-corrected chi connectivity index (χ1v) is 11.3.